The van der Waals surface area contributed by atoms with Gasteiger partial charge in [0.25, 0.3) is 5.91 Å². The summed E-state index contributed by atoms with van der Waals surface area (Å²) in [7, 11) is 0. The van der Waals surface area contributed by atoms with Crippen LogP contribution in [0.4, 0.5) is 4.79 Å². The Kier molecular flexibility index (Phi) is 3.48. The fraction of sp³-hybridized carbons (Fsp3) is 0.385. The lowest BCUT2D eigenvalue weighted by Gasteiger charge is -2.19. The number of nitrogens with one attached hydrogen (secondary N) is 2. The molecule has 3 rings (SSSR count). The van der Waals surface area contributed by atoms with Gasteiger partial charge in [-0.3, -0.25) is 9.69 Å². The third-order valence-corrected chi connectivity index (χ3v) is 4.59. The van der Waals surface area contributed by atoms with Gasteiger partial charge in [0.1, 0.15) is 5.54 Å². The fourth-order valence-corrected chi connectivity index (χ4v) is 3.35. The van der Waals surface area contributed by atoms with Gasteiger partial charge in [0.2, 0.25) is 0 Å². The lowest BCUT2D eigenvalue weighted by molar-refractivity contribution is -0.131. The molecule has 1 unspecified atom stereocenters. The van der Waals surface area contributed by atoms with Crippen LogP contribution in [0.1, 0.15) is 12.0 Å². The maximum atomic E-state index is 12.5. The molecular formula is C13H13BrClN3O2. The largest absolute Gasteiger partial charge is 0.325 e. The average Bonchev–Trinajstić information content (AvgIpc) is 2.94. The first-order chi connectivity index (χ1) is 9.52. The summed E-state index contributed by atoms with van der Waals surface area (Å²) in [5.41, 5.74) is -0.0137. The third-order valence-electron chi connectivity index (χ3n) is 3.74. The van der Waals surface area contributed by atoms with Gasteiger partial charge >= 0.3 is 6.03 Å². The van der Waals surface area contributed by atoms with Crippen molar-refractivity contribution in [1.29, 1.82) is 0 Å². The molecule has 2 aliphatic rings. The molecule has 20 heavy (non-hydrogen) atoms. The lowest BCUT2D eigenvalue weighted by atomic mass is 9.99. The Balaban J connectivity index is 1.84. The smallest absolute Gasteiger partial charge is 0.322 e. The topological polar surface area (TPSA) is 61.4 Å². The molecule has 1 aromatic carbocycles. The van der Waals surface area contributed by atoms with E-state index in [1.807, 2.05) is 12.1 Å². The summed E-state index contributed by atoms with van der Waals surface area (Å²) in [5, 5.41) is 6.45. The number of carbonyl (C=O) groups excluding carboxylic acids is 2. The van der Waals surface area contributed by atoms with E-state index in [1.54, 1.807) is 6.07 Å². The van der Waals surface area contributed by atoms with Crippen LogP contribution in [0, 0.1) is 0 Å². The van der Waals surface area contributed by atoms with Gasteiger partial charge in [-0.05, 0) is 30.7 Å². The number of amides is 3. The molecule has 1 aromatic rings. The Morgan fingerprint density at radius 2 is 2.20 bits per heavy atom. The molecule has 5 nitrogen and oxygen atoms in total. The Hall–Kier alpha value is -1.11. The van der Waals surface area contributed by atoms with Crippen molar-refractivity contribution in [3.05, 3.63) is 33.3 Å². The summed E-state index contributed by atoms with van der Waals surface area (Å²) in [4.78, 5) is 25.8. The van der Waals surface area contributed by atoms with Crippen LogP contribution in [-0.4, -0.2) is 35.5 Å². The Morgan fingerprint density at radius 1 is 1.40 bits per heavy atom. The molecule has 0 aromatic heterocycles. The molecule has 1 spiro atoms. The summed E-state index contributed by atoms with van der Waals surface area (Å²) < 4.78 is 0.861. The number of urea groups is 1. The van der Waals surface area contributed by atoms with Gasteiger partial charge in [0.15, 0.2) is 0 Å². The van der Waals surface area contributed by atoms with Crippen LogP contribution in [0.25, 0.3) is 0 Å². The van der Waals surface area contributed by atoms with Crippen LogP contribution in [0.3, 0.4) is 0 Å². The van der Waals surface area contributed by atoms with Crippen LogP contribution in [0.5, 0.6) is 0 Å². The molecule has 7 heteroatoms. The molecule has 1 atom stereocenters. The number of imide groups is 1. The highest BCUT2D eigenvalue weighted by molar-refractivity contribution is 9.10. The van der Waals surface area contributed by atoms with E-state index in [1.165, 1.54) is 4.90 Å². The zero-order chi connectivity index (χ0) is 14.3. The minimum Gasteiger partial charge on any atom is -0.322 e. The average molecular weight is 359 g/mol. The van der Waals surface area contributed by atoms with E-state index >= 15 is 0 Å². The van der Waals surface area contributed by atoms with Crippen molar-refractivity contribution in [1.82, 2.24) is 15.5 Å². The van der Waals surface area contributed by atoms with Crippen LogP contribution in [0.2, 0.25) is 5.02 Å². The van der Waals surface area contributed by atoms with Gasteiger partial charge in [-0.1, -0.05) is 33.6 Å². The highest BCUT2D eigenvalue weighted by Crippen LogP contribution is 2.28. The number of nitrogens with zero attached hydrogens (tertiary/aromatic N) is 1. The normalized spacial score (nSPS) is 25.6. The minimum atomic E-state index is -0.765. The fourth-order valence-electron chi connectivity index (χ4n) is 2.62. The summed E-state index contributed by atoms with van der Waals surface area (Å²) in [6, 6.07) is 5.05. The molecule has 0 saturated carbocycles. The third kappa shape index (κ3) is 2.21. The van der Waals surface area contributed by atoms with E-state index < -0.39 is 5.54 Å². The Bertz CT molecular complexity index is 587. The number of rotatable bonds is 2. The molecule has 3 amide bonds. The van der Waals surface area contributed by atoms with Crippen LogP contribution < -0.4 is 10.6 Å². The van der Waals surface area contributed by atoms with Crippen molar-refractivity contribution >= 4 is 39.5 Å². The van der Waals surface area contributed by atoms with E-state index in [9.17, 15) is 9.59 Å². The van der Waals surface area contributed by atoms with Crippen LogP contribution >= 0.6 is 27.5 Å². The predicted octanol–water partition coefficient (Wildman–Crippen LogP) is 1.89. The summed E-state index contributed by atoms with van der Waals surface area (Å²) in [6.07, 6.45) is 0.627. The SMILES string of the molecule is O=C1NC2(CCNC2)C(=O)N1Cc1ccc(Br)cc1Cl. The Labute approximate surface area is 129 Å². The van der Waals surface area contributed by atoms with Crippen molar-refractivity contribution in [3.8, 4) is 0 Å². The molecule has 2 heterocycles. The van der Waals surface area contributed by atoms with E-state index in [4.69, 9.17) is 11.6 Å². The predicted molar refractivity (Wildman–Crippen MR) is 78.5 cm³/mol. The summed E-state index contributed by atoms with van der Waals surface area (Å²) >= 11 is 9.47. The number of hydrogen-bond acceptors (Lipinski definition) is 3. The molecule has 2 saturated heterocycles. The zero-order valence-electron chi connectivity index (χ0n) is 10.6. The number of hydrogen-bond donors (Lipinski definition) is 2. The van der Waals surface area contributed by atoms with Crippen molar-refractivity contribution < 1.29 is 9.59 Å². The highest BCUT2D eigenvalue weighted by atomic mass is 79.9. The lowest BCUT2D eigenvalue weighted by Crippen LogP contribution is -2.48. The number of halogens is 2. The van der Waals surface area contributed by atoms with E-state index in [-0.39, 0.29) is 18.5 Å². The van der Waals surface area contributed by atoms with Gasteiger partial charge in [-0.15, -0.1) is 0 Å². The molecule has 0 bridgehead atoms. The summed E-state index contributed by atoms with van der Waals surface area (Å²) in [6.45, 7) is 1.42. The van der Waals surface area contributed by atoms with Gasteiger partial charge in [0, 0.05) is 16.0 Å². The summed E-state index contributed by atoms with van der Waals surface area (Å²) in [5.74, 6) is -0.175. The first-order valence-electron chi connectivity index (χ1n) is 6.31. The number of carbonyl (C=O) groups is 2. The maximum absolute atomic E-state index is 12.5. The second-order valence-electron chi connectivity index (χ2n) is 5.07. The Morgan fingerprint density at radius 3 is 2.85 bits per heavy atom. The van der Waals surface area contributed by atoms with E-state index in [2.05, 4.69) is 26.6 Å². The quantitative estimate of drug-likeness (QED) is 0.794. The first kappa shape index (κ1) is 13.9. The van der Waals surface area contributed by atoms with E-state index in [0.717, 1.165) is 16.6 Å². The maximum Gasteiger partial charge on any atom is 0.325 e. The number of benzene rings is 1. The highest BCUT2D eigenvalue weighted by Gasteiger charge is 2.52. The van der Waals surface area contributed by atoms with Crippen molar-refractivity contribution in [2.75, 3.05) is 13.1 Å². The van der Waals surface area contributed by atoms with Crippen molar-refractivity contribution in [2.24, 2.45) is 0 Å². The zero-order valence-corrected chi connectivity index (χ0v) is 12.9. The van der Waals surface area contributed by atoms with Crippen LogP contribution in [-0.2, 0) is 11.3 Å². The standard InChI is InChI=1S/C13H13BrClN3O2/c14-9-2-1-8(10(15)5-9)6-18-11(19)13(17-12(18)20)3-4-16-7-13/h1-2,5,16H,3-4,6-7H2,(H,17,20). The molecule has 2 aliphatic heterocycles. The van der Waals surface area contributed by atoms with Crippen molar-refractivity contribution in [2.45, 2.75) is 18.5 Å². The van der Waals surface area contributed by atoms with Gasteiger partial charge < -0.3 is 10.6 Å². The molecular weight excluding hydrogens is 346 g/mol. The first-order valence-corrected chi connectivity index (χ1v) is 7.48. The second kappa shape index (κ2) is 5.02. The van der Waals surface area contributed by atoms with E-state index in [0.29, 0.717) is 18.0 Å². The molecule has 0 aliphatic carbocycles. The molecule has 2 N–H and O–H groups in total. The second-order valence-corrected chi connectivity index (χ2v) is 6.39. The minimum absolute atomic E-state index is 0.175. The molecule has 2 fully saturated rings. The van der Waals surface area contributed by atoms with Gasteiger partial charge in [0.05, 0.1) is 6.54 Å². The van der Waals surface area contributed by atoms with Crippen molar-refractivity contribution in [3.63, 3.8) is 0 Å². The molecule has 0 radical (unpaired) electrons. The van der Waals surface area contributed by atoms with Gasteiger partial charge in [-0.25, -0.2) is 4.79 Å². The molecule has 106 valence electrons. The van der Waals surface area contributed by atoms with Crippen LogP contribution in [0.15, 0.2) is 22.7 Å². The van der Waals surface area contributed by atoms with Gasteiger partial charge in [-0.2, -0.15) is 0 Å². The monoisotopic (exact) mass is 357 g/mol.